The van der Waals surface area contributed by atoms with Gasteiger partial charge < -0.3 is 19.7 Å². The molecule has 0 aromatic rings. The average Bonchev–Trinajstić information content (AvgIpc) is 2.09. The fraction of sp³-hybridized carbons (Fsp3) is 1.00. The summed E-state index contributed by atoms with van der Waals surface area (Å²) in [6.07, 6.45) is -2.19. The summed E-state index contributed by atoms with van der Waals surface area (Å²) in [5.41, 5.74) is 0. The highest BCUT2D eigenvalue weighted by Gasteiger charge is 2.35. The lowest BCUT2D eigenvalue weighted by atomic mass is 10.0. The van der Waals surface area contributed by atoms with Crippen LogP contribution in [0.1, 0.15) is 6.42 Å². The van der Waals surface area contributed by atoms with Gasteiger partial charge in [0, 0.05) is 19.3 Å². The van der Waals surface area contributed by atoms with Crippen molar-refractivity contribution in [1.82, 2.24) is 0 Å². The number of aliphatic hydroxyl groups excluding tert-OH is 2. The van der Waals surface area contributed by atoms with Gasteiger partial charge in [0.05, 0.1) is 12.2 Å². The maximum atomic E-state index is 9.37. The van der Waals surface area contributed by atoms with E-state index in [2.05, 4.69) is 12.6 Å². The molecule has 72 valence electrons. The molecule has 0 spiro atoms. The molecule has 0 saturated carbocycles. The summed E-state index contributed by atoms with van der Waals surface area (Å²) >= 11 is 3.99. The van der Waals surface area contributed by atoms with Crippen molar-refractivity contribution in [1.29, 1.82) is 0 Å². The summed E-state index contributed by atoms with van der Waals surface area (Å²) in [7, 11) is 1.50. The monoisotopic (exact) mass is 194 g/mol. The minimum Gasteiger partial charge on any atom is -0.390 e. The molecule has 12 heavy (non-hydrogen) atoms. The first-order chi connectivity index (χ1) is 5.69. The van der Waals surface area contributed by atoms with Crippen LogP contribution in [0, 0.1) is 0 Å². The van der Waals surface area contributed by atoms with E-state index < -0.39 is 24.6 Å². The van der Waals surface area contributed by atoms with Crippen LogP contribution >= 0.6 is 12.6 Å². The fourth-order valence-electron chi connectivity index (χ4n) is 1.22. The number of hydrogen-bond acceptors (Lipinski definition) is 5. The number of ether oxygens (including phenoxy) is 2. The van der Waals surface area contributed by atoms with Crippen molar-refractivity contribution in [2.75, 3.05) is 12.9 Å². The van der Waals surface area contributed by atoms with Crippen molar-refractivity contribution in [3.05, 3.63) is 0 Å². The molecule has 0 aliphatic carbocycles. The van der Waals surface area contributed by atoms with Gasteiger partial charge in [-0.05, 0) is 0 Å². The largest absolute Gasteiger partial charge is 0.390 e. The van der Waals surface area contributed by atoms with E-state index in [4.69, 9.17) is 9.47 Å². The zero-order chi connectivity index (χ0) is 9.14. The quantitative estimate of drug-likeness (QED) is 0.514. The average molecular weight is 194 g/mol. The molecule has 1 aliphatic heterocycles. The van der Waals surface area contributed by atoms with Gasteiger partial charge in [-0.3, -0.25) is 0 Å². The second-order valence-electron chi connectivity index (χ2n) is 2.82. The lowest BCUT2D eigenvalue weighted by molar-refractivity contribution is -0.235. The van der Waals surface area contributed by atoms with E-state index in [1.165, 1.54) is 7.11 Å². The van der Waals surface area contributed by atoms with E-state index in [-0.39, 0.29) is 0 Å². The van der Waals surface area contributed by atoms with Gasteiger partial charge in [-0.1, -0.05) is 0 Å². The SMILES string of the molecule is CO[C@@H]1CC(O)[C@@H](O)C(CS)O1. The van der Waals surface area contributed by atoms with Crippen LogP contribution in [-0.2, 0) is 9.47 Å². The van der Waals surface area contributed by atoms with Crippen LogP contribution in [0.4, 0.5) is 0 Å². The van der Waals surface area contributed by atoms with Crippen LogP contribution < -0.4 is 0 Å². The molecule has 0 bridgehead atoms. The highest BCUT2D eigenvalue weighted by molar-refractivity contribution is 7.80. The van der Waals surface area contributed by atoms with Crippen molar-refractivity contribution < 1.29 is 19.7 Å². The zero-order valence-corrected chi connectivity index (χ0v) is 7.78. The van der Waals surface area contributed by atoms with Gasteiger partial charge >= 0.3 is 0 Å². The summed E-state index contributed by atoms with van der Waals surface area (Å²) in [5, 5.41) is 18.7. The maximum absolute atomic E-state index is 9.37. The molecule has 1 rings (SSSR count). The van der Waals surface area contributed by atoms with Gasteiger partial charge in [0.15, 0.2) is 6.29 Å². The third-order valence-corrected chi connectivity index (χ3v) is 2.34. The minimum atomic E-state index is -0.853. The lowest BCUT2D eigenvalue weighted by Crippen LogP contribution is -2.49. The third kappa shape index (κ3) is 2.11. The van der Waals surface area contributed by atoms with Gasteiger partial charge in [0.2, 0.25) is 0 Å². The Morgan fingerprint density at radius 2 is 2.25 bits per heavy atom. The van der Waals surface area contributed by atoms with Gasteiger partial charge in [0.1, 0.15) is 6.10 Å². The smallest absolute Gasteiger partial charge is 0.160 e. The highest BCUT2D eigenvalue weighted by atomic mass is 32.1. The van der Waals surface area contributed by atoms with Crippen LogP contribution in [0.15, 0.2) is 0 Å². The first kappa shape index (κ1) is 10.3. The van der Waals surface area contributed by atoms with Crippen LogP contribution in [0.3, 0.4) is 0 Å². The molecule has 5 heteroatoms. The topological polar surface area (TPSA) is 58.9 Å². The van der Waals surface area contributed by atoms with Crippen LogP contribution in [0.2, 0.25) is 0 Å². The van der Waals surface area contributed by atoms with Gasteiger partial charge in [-0.2, -0.15) is 12.6 Å². The molecule has 1 aliphatic rings. The number of aliphatic hydroxyl groups is 2. The Morgan fingerprint density at radius 1 is 1.58 bits per heavy atom. The summed E-state index contributed by atoms with van der Waals surface area (Å²) < 4.78 is 10.2. The Hall–Kier alpha value is 0.190. The molecule has 2 N–H and O–H groups in total. The third-order valence-electron chi connectivity index (χ3n) is 1.98. The molecular weight excluding hydrogens is 180 g/mol. The molecule has 2 unspecified atom stereocenters. The predicted octanol–water partition coefficient (Wildman–Crippen LogP) is -0.601. The standard InChI is InChI=1S/C7H14O4S/c1-10-6-2-4(8)7(9)5(3-12)11-6/h4-9,12H,2-3H2,1H3/t4?,5?,6-,7+/m0/s1. The van der Waals surface area contributed by atoms with Crippen LogP contribution in [0.25, 0.3) is 0 Å². The lowest BCUT2D eigenvalue weighted by Gasteiger charge is -2.35. The number of rotatable bonds is 2. The van der Waals surface area contributed by atoms with E-state index in [1.807, 2.05) is 0 Å². The second kappa shape index (κ2) is 4.43. The molecule has 0 aromatic heterocycles. The maximum Gasteiger partial charge on any atom is 0.160 e. The Morgan fingerprint density at radius 3 is 2.75 bits per heavy atom. The van der Waals surface area contributed by atoms with Crippen molar-refractivity contribution in [2.24, 2.45) is 0 Å². The minimum absolute atomic E-state index is 0.307. The highest BCUT2D eigenvalue weighted by Crippen LogP contribution is 2.21. The summed E-state index contributed by atoms with van der Waals surface area (Å²) in [6.45, 7) is 0. The molecule has 1 heterocycles. The van der Waals surface area contributed by atoms with E-state index >= 15 is 0 Å². The van der Waals surface area contributed by atoms with Crippen molar-refractivity contribution >= 4 is 12.6 Å². The Bertz CT molecular complexity index is 143. The van der Waals surface area contributed by atoms with Gasteiger partial charge in [0.25, 0.3) is 0 Å². The Kier molecular flexibility index (Phi) is 3.79. The summed E-state index contributed by atoms with van der Waals surface area (Å²) in [5.74, 6) is 0.373. The molecule has 0 aromatic carbocycles. The zero-order valence-electron chi connectivity index (χ0n) is 6.88. The normalized spacial score (nSPS) is 43.0. The summed E-state index contributed by atoms with van der Waals surface area (Å²) in [4.78, 5) is 0. The Balaban J connectivity index is 2.52. The number of thiol groups is 1. The fourth-order valence-corrected chi connectivity index (χ4v) is 1.52. The Labute approximate surface area is 76.9 Å². The summed E-state index contributed by atoms with van der Waals surface area (Å²) in [6, 6.07) is 0. The number of methoxy groups -OCH3 is 1. The molecule has 0 amide bonds. The molecular formula is C7H14O4S. The van der Waals surface area contributed by atoms with Gasteiger partial charge in [-0.15, -0.1) is 0 Å². The van der Waals surface area contributed by atoms with Gasteiger partial charge in [-0.25, -0.2) is 0 Å². The molecule has 4 nitrogen and oxygen atoms in total. The molecule has 4 atom stereocenters. The van der Waals surface area contributed by atoms with E-state index in [1.54, 1.807) is 0 Å². The van der Waals surface area contributed by atoms with Crippen molar-refractivity contribution in [3.8, 4) is 0 Å². The number of hydrogen-bond donors (Lipinski definition) is 3. The van der Waals surface area contributed by atoms with E-state index in [0.717, 1.165) is 0 Å². The first-order valence-corrected chi connectivity index (χ1v) is 4.47. The molecule has 1 fully saturated rings. The van der Waals surface area contributed by atoms with Crippen molar-refractivity contribution in [2.45, 2.75) is 31.0 Å². The van der Waals surface area contributed by atoms with E-state index in [0.29, 0.717) is 12.2 Å². The second-order valence-corrected chi connectivity index (χ2v) is 3.18. The molecule has 0 radical (unpaired) electrons. The predicted molar refractivity (Wildman–Crippen MR) is 46.2 cm³/mol. The van der Waals surface area contributed by atoms with Crippen LogP contribution in [0.5, 0.6) is 0 Å². The first-order valence-electron chi connectivity index (χ1n) is 3.84. The molecule has 1 saturated heterocycles. The van der Waals surface area contributed by atoms with Crippen LogP contribution in [-0.4, -0.2) is 47.7 Å². The van der Waals surface area contributed by atoms with E-state index in [9.17, 15) is 10.2 Å². The van der Waals surface area contributed by atoms with Crippen molar-refractivity contribution in [3.63, 3.8) is 0 Å².